The molecule has 0 amide bonds. The summed E-state index contributed by atoms with van der Waals surface area (Å²) >= 11 is 2.53. The number of hydrogen-bond donors (Lipinski definition) is 1. The highest BCUT2D eigenvalue weighted by Gasteiger charge is 2.13. The summed E-state index contributed by atoms with van der Waals surface area (Å²) in [7, 11) is -3.64. The van der Waals surface area contributed by atoms with E-state index in [0.29, 0.717) is 10.9 Å². The van der Waals surface area contributed by atoms with Gasteiger partial charge >= 0.3 is 0 Å². The van der Waals surface area contributed by atoms with Crippen molar-refractivity contribution in [2.75, 3.05) is 6.26 Å². The maximum absolute atomic E-state index is 11.2. The van der Waals surface area contributed by atoms with Gasteiger partial charge in [0, 0.05) is 6.20 Å². The summed E-state index contributed by atoms with van der Waals surface area (Å²) in [6.07, 6.45) is 3.52. The molecule has 2 aromatic heterocycles. The Balaban J connectivity index is 2.43. The van der Waals surface area contributed by atoms with Crippen LogP contribution in [0.3, 0.4) is 0 Å². The van der Waals surface area contributed by atoms with Gasteiger partial charge in [-0.05, 0) is 24.5 Å². The van der Waals surface area contributed by atoms with Crippen LogP contribution < -0.4 is 5.14 Å². The highest BCUT2D eigenvalue weighted by Crippen LogP contribution is 2.29. The van der Waals surface area contributed by atoms with Gasteiger partial charge in [0.25, 0.3) is 0 Å². The summed E-state index contributed by atoms with van der Waals surface area (Å²) in [6, 6.07) is 4.91. The number of nitrogens with two attached hydrogens (primary N) is 1. The van der Waals surface area contributed by atoms with E-state index in [2.05, 4.69) is 9.97 Å². The standard InChI is InChI=1S/C9H9N3O2S3/c1-15-9-11-5-4-6(12-9)7-2-3-8(16-7)17(10,13)14/h2-5H,1H3,(H2,10,13,14). The van der Waals surface area contributed by atoms with Crippen molar-refractivity contribution in [2.24, 2.45) is 5.14 Å². The summed E-state index contributed by atoms with van der Waals surface area (Å²) in [5.41, 5.74) is 0.698. The quantitative estimate of drug-likeness (QED) is 0.684. The fourth-order valence-corrected chi connectivity index (χ4v) is 3.24. The molecule has 2 rings (SSSR count). The normalized spacial score (nSPS) is 11.6. The molecule has 2 aromatic rings. The first-order chi connectivity index (χ1) is 8.00. The Kier molecular flexibility index (Phi) is 3.48. The lowest BCUT2D eigenvalue weighted by molar-refractivity contribution is 0.600. The van der Waals surface area contributed by atoms with Crippen LogP contribution in [0.4, 0.5) is 0 Å². The average Bonchev–Trinajstić information content (AvgIpc) is 2.78. The first-order valence-corrected chi connectivity index (χ1v) is 8.09. The largest absolute Gasteiger partial charge is 0.247 e. The Bertz CT molecular complexity index is 636. The van der Waals surface area contributed by atoms with E-state index in [1.165, 1.54) is 17.8 Å². The van der Waals surface area contributed by atoms with Gasteiger partial charge in [0.2, 0.25) is 10.0 Å². The molecule has 0 aromatic carbocycles. The zero-order chi connectivity index (χ0) is 12.5. The lowest BCUT2D eigenvalue weighted by atomic mass is 10.3. The summed E-state index contributed by atoms with van der Waals surface area (Å²) in [4.78, 5) is 9.09. The predicted molar refractivity (Wildman–Crippen MR) is 68.5 cm³/mol. The van der Waals surface area contributed by atoms with E-state index < -0.39 is 10.0 Å². The lowest BCUT2D eigenvalue weighted by Gasteiger charge is -1.98. The molecule has 0 saturated carbocycles. The van der Waals surface area contributed by atoms with E-state index in [-0.39, 0.29) is 4.21 Å². The van der Waals surface area contributed by atoms with Crippen LogP contribution in [-0.4, -0.2) is 24.6 Å². The third kappa shape index (κ3) is 2.83. The third-order valence-corrected chi connectivity index (χ3v) is 5.04. The Labute approximate surface area is 107 Å². The fraction of sp³-hybridized carbons (Fsp3) is 0.111. The van der Waals surface area contributed by atoms with Crippen LogP contribution in [0.15, 0.2) is 33.8 Å². The van der Waals surface area contributed by atoms with Crippen molar-refractivity contribution in [3.05, 3.63) is 24.4 Å². The molecule has 0 radical (unpaired) electrons. The molecule has 0 spiro atoms. The monoisotopic (exact) mass is 287 g/mol. The third-order valence-electron chi connectivity index (χ3n) is 1.93. The number of primary sulfonamides is 1. The van der Waals surface area contributed by atoms with Gasteiger partial charge in [-0.1, -0.05) is 11.8 Å². The first-order valence-electron chi connectivity index (χ1n) is 4.51. The Hall–Kier alpha value is -0.960. The van der Waals surface area contributed by atoms with Crippen molar-refractivity contribution < 1.29 is 8.42 Å². The minimum Gasteiger partial charge on any atom is -0.231 e. The maximum Gasteiger partial charge on any atom is 0.247 e. The molecule has 17 heavy (non-hydrogen) atoms. The zero-order valence-electron chi connectivity index (χ0n) is 8.82. The second-order valence-corrected chi connectivity index (χ2v) is 6.74. The Morgan fingerprint density at radius 1 is 1.35 bits per heavy atom. The number of thiophene rings is 1. The van der Waals surface area contributed by atoms with E-state index in [4.69, 9.17) is 5.14 Å². The van der Waals surface area contributed by atoms with Gasteiger partial charge in [0.1, 0.15) is 4.21 Å². The fourth-order valence-electron chi connectivity index (χ4n) is 1.19. The molecule has 0 atom stereocenters. The number of nitrogens with zero attached hydrogens (tertiary/aromatic N) is 2. The number of aromatic nitrogens is 2. The molecule has 0 bridgehead atoms. The molecule has 2 heterocycles. The Morgan fingerprint density at radius 3 is 2.71 bits per heavy atom. The van der Waals surface area contributed by atoms with Crippen LogP contribution in [0.1, 0.15) is 0 Å². The zero-order valence-corrected chi connectivity index (χ0v) is 11.3. The van der Waals surface area contributed by atoms with E-state index >= 15 is 0 Å². The van der Waals surface area contributed by atoms with Crippen LogP contribution in [0.25, 0.3) is 10.6 Å². The van der Waals surface area contributed by atoms with Crippen molar-refractivity contribution in [2.45, 2.75) is 9.37 Å². The van der Waals surface area contributed by atoms with Crippen molar-refractivity contribution in [3.63, 3.8) is 0 Å². The van der Waals surface area contributed by atoms with Crippen LogP contribution in [0.2, 0.25) is 0 Å². The van der Waals surface area contributed by atoms with Crippen molar-refractivity contribution >= 4 is 33.1 Å². The molecule has 0 saturated heterocycles. The van der Waals surface area contributed by atoms with Gasteiger partial charge in [-0.3, -0.25) is 0 Å². The lowest BCUT2D eigenvalue weighted by Crippen LogP contribution is -2.09. The molecule has 0 aliphatic rings. The molecule has 0 aliphatic heterocycles. The average molecular weight is 287 g/mol. The molecule has 8 heteroatoms. The number of sulfonamides is 1. The van der Waals surface area contributed by atoms with Gasteiger partial charge in [0.15, 0.2) is 5.16 Å². The molecule has 0 unspecified atom stereocenters. The van der Waals surface area contributed by atoms with Gasteiger partial charge in [-0.25, -0.2) is 23.5 Å². The summed E-state index contributed by atoms with van der Waals surface area (Å²) < 4.78 is 22.4. The van der Waals surface area contributed by atoms with Gasteiger partial charge in [-0.15, -0.1) is 11.3 Å². The Morgan fingerprint density at radius 2 is 2.12 bits per heavy atom. The molecular weight excluding hydrogens is 278 g/mol. The van der Waals surface area contributed by atoms with Crippen LogP contribution in [0.5, 0.6) is 0 Å². The minimum atomic E-state index is -3.64. The van der Waals surface area contributed by atoms with E-state index in [0.717, 1.165) is 16.2 Å². The molecule has 2 N–H and O–H groups in total. The van der Waals surface area contributed by atoms with Crippen molar-refractivity contribution in [1.82, 2.24) is 9.97 Å². The van der Waals surface area contributed by atoms with Gasteiger partial charge < -0.3 is 0 Å². The van der Waals surface area contributed by atoms with Crippen LogP contribution >= 0.6 is 23.1 Å². The topological polar surface area (TPSA) is 85.9 Å². The van der Waals surface area contributed by atoms with Gasteiger partial charge in [0.05, 0.1) is 10.6 Å². The highest BCUT2D eigenvalue weighted by molar-refractivity contribution is 7.98. The number of rotatable bonds is 3. The van der Waals surface area contributed by atoms with Crippen LogP contribution in [-0.2, 0) is 10.0 Å². The molecular formula is C9H9N3O2S3. The maximum atomic E-state index is 11.2. The molecule has 90 valence electrons. The SMILES string of the molecule is CSc1nccc(-c2ccc(S(N)(=O)=O)s2)n1. The molecule has 5 nitrogen and oxygen atoms in total. The van der Waals surface area contributed by atoms with Crippen molar-refractivity contribution in [3.8, 4) is 10.6 Å². The second-order valence-electron chi connectivity index (χ2n) is 3.09. The summed E-state index contributed by atoms with van der Waals surface area (Å²) in [5, 5.41) is 5.70. The molecule has 0 aliphatic carbocycles. The van der Waals surface area contributed by atoms with E-state index in [1.54, 1.807) is 18.3 Å². The minimum absolute atomic E-state index is 0.136. The molecule has 0 fully saturated rings. The van der Waals surface area contributed by atoms with Gasteiger partial charge in [-0.2, -0.15) is 0 Å². The predicted octanol–water partition coefficient (Wildman–Crippen LogP) is 1.57. The smallest absolute Gasteiger partial charge is 0.231 e. The highest BCUT2D eigenvalue weighted by atomic mass is 32.2. The van der Waals surface area contributed by atoms with Crippen LogP contribution in [0, 0.1) is 0 Å². The van der Waals surface area contributed by atoms with E-state index in [9.17, 15) is 8.42 Å². The van der Waals surface area contributed by atoms with Crippen molar-refractivity contribution in [1.29, 1.82) is 0 Å². The van der Waals surface area contributed by atoms with E-state index in [1.807, 2.05) is 6.26 Å². The second kappa shape index (κ2) is 4.73. The summed E-state index contributed by atoms with van der Waals surface area (Å²) in [6.45, 7) is 0. The number of hydrogen-bond acceptors (Lipinski definition) is 6. The summed E-state index contributed by atoms with van der Waals surface area (Å²) in [5.74, 6) is 0. The first kappa shape index (κ1) is 12.5. The number of thioether (sulfide) groups is 1.